The average Bonchev–Trinajstić information content (AvgIpc) is 2.92. The van der Waals surface area contributed by atoms with Crippen LogP contribution in [0, 0.1) is 6.92 Å². The number of fused-ring (bicyclic) bond motifs is 1. The highest BCUT2D eigenvalue weighted by molar-refractivity contribution is 5.40. The fraction of sp³-hybridized carbons (Fsp3) is 0.353. The zero-order valence-corrected chi connectivity index (χ0v) is 11.8. The highest BCUT2D eigenvalue weighted by Crippen LogP contribution is 2.27. The van der Waals surface area contributed by atoms with Gasteiger partial charge in [0.15, 0.2) is 0 Å². The van der Waals surface area contributed by atoms with E-state index in [1.54, 1.807) is 0 Å². The number of nitrogens with two attached hydrogens (primary N) is 1. The van der Waals surface area contributed by atoms with E-state index in [9.17, 15) is 0 Å². The van der Waals surface area contributed by atoms with E-state index >= 15 is 0 Å². The van der Waals surface area contributed by atoms with E-state index in [-0.39, 0.29) is 6.04 Å². The molecule has 0 radical (unpaired) electrons. The Labute approximate surface area is 119 Å². The van der Waals surface area contributed by atoms with Crippen LogP contribution in [0.2, 0.25) is 0 Å². The monoisotopic (exact) mass is 268 g/mol. The second-order valence-corrected chi connectivity index (χ2v) is 5.42. The van der Waals surface area contributed by atoms with Crippen LogP contribution in [0.15, 0.2) is 36.7 Å². The number of aryl methyl sites for hydroxylation is 2. The molecular formula is C17H20N2O. The van der Waals surface area contributed by atoms with Crippen molar-refractivity contribution >= 4 is 0 Å². The molecular weight excluding hydrogens is 248 g/mol. The van der Waals surface area contributed by atoms with Crippen LogP contribution in [0.5, 0.6) is 5.75 Å². The first kappa shape index (κ1) is 13.1. The maximum atomic E-state index is 6.29. The van der Waals surface area contributed by atoms with Crippen LogP contribution >= 0.6 is 0 Å². The minimum absolute atomic E-state index is 0.0493. The highest BCUT2D eigenvalue weighted by Gasteiger charge is 2.13. The molecule has 2 heterocycles. The topological polar surface area (TPSA) is 48.1 Å². The molecule has 20 heavy (non-hydrogen) atoms. The summed E-state index contributed by atoms with van der Waals surface area (Å²) in [5, 5.41) is 0. The predicted molar refractivity (Wildman–Crippen MR) is 79.9 cm³/mol. The summed E-state index contributed by atoms with van der Waals surface area (Å²) in [6, 6.07) is 8.55. The lowest BCUT2D eigenvalue weighted by molar-refractivity contribution is 0.357. The summed E-state index contributed by atoms with van der Waals surface area (Å²) in [6.45, 7) is 2.90. The van der Waals surface area contributed by atoms with E-state index in [2.05, 4.69) is 30.1 Å². The average molecular weight is 268 g/mol. The Kier molecular flexibility index (Phi) is 3.70. The zero-order valence-electron chi connectivity index (χ0n) is 11.8. The van der Waals surface area contributed by atoms with Crippen LogP contribution in [0.1, 0.15) is 34.7 Å². The molecule has 104 valence electrons. The van der Waals surface area contributed by atoms with Gasteiger partial charge in [0.25, 0.3) is 0 Å². The summed E-state index contributed by atoms with van der Waals surface area (Å²) in [5.41, 5.74) is 11.3. The largest absolute Gasteiger partial charge is 0.493 e. The van der Waals surface area contributed by atoms with Gasteiger partial charge in [0, 0.05) is 24.9 Å². The maximum absolute atomic E-state index is 6.29. The van der Waals surface area contributed by atoms with Gasteiger partial charge < -0.3 is 10.5 Å². The third kappa shape index (κ3) is 2.68. The summed E-state index contributed by atoms with van der Waals surface area (Å²) >= 11 is 0. The first-order valence-electron chi connectivity index (χ1n) is 7.15. The summed E-state index contributed by atoms with van der Waals surface area (Å²) in [5.74, 6) is 1.04. The van der Waals surface area contributed by atoms with Gasteiger partial charge in [-0.3, -0.25) is 4.98 Å². The summed E-state index contributed by atoms with van der Waals surface area (Å²) in [4.78, 5) is 4.17. The second kappa shape index (κ2) is 5.63. The van der Waals surface area contributed by atoms with Gasteiger partial charge in [-0.05, 0) is 54.2 Å². The van der Waals surface area contributed by atoms with E-state index in [4.69, 9.17) is 10.5 Å². The van der Waals surface area contributed by atoms with Gasteiger partial charge in [0.05, 0.1) is 6.61 Å². The first-order chi connectivity index (χ1) is 9.74. The minimum atomic E-state index is 0.0493. The molecule has 0 fully saturated rings. The molecule has 0 aliphatic carbocycles. The molecule has 2 N–H and O–H groups in total. The van der Waals surface area contributed by atoms with Gasteiger partial charge in [0.2, 0.25) is 0 Å². The molecule has 3 heteroatoms. The smallest absolute Gasteiger partial charge is 0.122 e. The molecule has 1 unspecified atom stereocenters. The Morgan fingerprint density at radius 1 is 1.35 bits per heavy atom. The number of benzene rings is 1. The van der Waals surface area contributed by atoms with Crippen LogP contribution in [0.4, 0.5) is 0 Å². The first-order valence-corrected chi connectivity index (χ1v) is 7.15. The van der Waals surface area contributed by atoms with E-state index in [1.807, 2.05) is 18.5 Å². The number of ether oxygens (including phenoxy) is 1. The Balaban J connectivity index is 1.66. The lowest BCUT2D eigenvalue weighted by Crippen LogP contribution is -2.13. The fourth-order valence-electron chi connectivity index (χ4n) is 2.74. The van der Waals surface area contributed by atoms with Gasteiger partial charge in [0.1, 0.15) is 5.75 Å². The van der Waals surface area contributed by atoms with Crippen LogP contribution in [-0.4, -0.2) is 11.6 Å². The molecule has 0 saturated heterocycles. The van der Waals surface area contributed by atoms with Gasteiger partial charge in [-0.15, -0.1) is 0 Å². The zero-order chi connectivity index (χ0) is 13.9. The number of nitrogens with zero attached hydrogens (tertiary/aromatic N) is 1. The molecule has 1 aliphatic heterocycles. The molecule has 1 aromatic carbocycles. The molecule has 1 aliphatic rings. The molecule has 0 saturated carbocycles. The Morgan fingerprint density at radius 2 is 2.25 bits per heavy atom. The van der Waals surface area contributed by atoms with Crippen LogP contribution in [0.3, 0.4) is 0 Å². The lowest BCUT2D eigenvalue weighted by atomic mass is 9.97. The number of hydrogen-bond acceptors (Lipinski definition) is 3. The van der Waals surface area contributed by atoms with Crippen molar-refractivity contribution in [3.8, 4) is 5.75 Å². The summed E-state index contributed by atoms with van der Waals surface area (Å²) in [7, 11) is 0. The lowest BCUT2D eigenvalue weighted by Gasteiger charge is -2.14. The molecule has 2 aromatic rings. The molecule has 0 amide bonds. The molecule has 1 aromatic heterocycles. The quantitative estimate of drug-likeness (QED) is 0.927. The summed E-state index contributed by atoms with van der Waals surface area (Å²) < 4.78 is 5.53. The van der Waals surface area contributed by atoms with Gasteiger partial charge >= 0.3 is 0 Å². The number of rotatable bonds is 4. The fourth-order valence-corrected chi connectivity index (χ4v) is 2.74. The number of pyridine rings is 1. The van der Waals surface area contributed by atoms with Gasteiger partial charge in [-0.1, -0.05) is 12.1 Å². The Bertz CT molecular complexity index is 610. The molecule has 0 bridgehead atoms. The molecule has 3 rings (SSSR count). The Hall–Kier alpha value is -1.87. The van der Waals surface area contributed by atoms with E-state index in [0.717, 1.165) is 37.2 Å². The van der Waals surface area contributed by atoms with Crippen molar-refractivity contribution in [2.45, 2.75) is 32.2 Å². The van der Waals surface area contributed by atoms with Crippen molar-refractivity contribution in [1.82, 2.24) is 4.98 Å². The standard InChI is InChI=1S/C17H20N2O/c1-12-6-8-19-11-15(12)16(18)4-2-13-3-5-17-14(10-13)7-9-20-17/h3,5-6,8,10-11,16H,2,4,7,9,18H2,1H3. The van der Waals surface area contributed by atoms with Crippen molar-refractivity contribution in [3.63, 3.8) is 0 Å². The third-order valence-electron chi connectivity index (χ3n) is 3.98. The summed E-state index contributed by atoms with van der Waals surface area (Å²) in [6.07, 6.45) is 6.65. The van der Waals surface area contributed by atoms with Crippen molar-refractivity contribution in [3.05, 3.63) is 58.9 Å². The molecule has 0 spiro atoms. The predicted octanol–water partition coefficient (Wildman–Crippen LogP) is 2.96. The SMILES string of the molecule is Cc1ccncc1C(N)CCc1ccc2c(c1)CCO2. The number of hydrogen-bond donors (Lipinski definition) is 1. The second-order valence-electron chi connectivity index (χ2n) is 5.42. The molecule has 3 nitrogen and oxygen atoms in total. The molecule has 1 atom stereocenters. The highest BCUT2D eigenvalue weighted by atomic mass is 16.5. The number of aromatic nitrogens is 1. The third-order valence-corrected chi connectivity index (χ3v) is 3.98. The maximum Gasteiger partial charge on any atom is 0.122 e. The van der Waals surface area contributed by atoms with Crippen molar-refractivity contribution in [2.75, 3.05) is 6.61 Å². The van der Waals surface area contributed by atoms with Crippen LogP contribution in [-0.2, 0) is 12.8 Å². The van der Waals surface area contributed by atoms with E-state index in [1.165, 1.54) is 16.7 Å². The van der Waals surface area contributed by atoms with Crippen LogP contribution < -0.4 is 10.5 Å². The van der Waals surface area contributed by atoms with Crippen molar-refractivity contribution in [1.29, 1.82) is 0 Å². The van der Waals surface area contributed by atoms with E-state index in [0.29, 0.717) is 0 Å². The Morgan fingerprint density at radius 3 is 3.10 bits per heavy atom. The van der Waals surface area contributed by atoms with Crippen LogP contribution in [0.25, 0.3) is 0 Å². The normalized spacial score (nSPS) is 14.7. The van der Waals surface area contributed by atoms with Crippen molar-refractivity contribution in [2.24, 2.45) is 5.73 Å². The van der Waals surface area contributed by atoms with Gasteiger partial charge in [-0.2, -0.15) is 0 Å². The minimum Gasteiger partial charge on any atom is -0.493 e. The van der Waals surface area contributed by atoms with Gasteiger partial charge in [-0.25, -0.2) is 0 Å². The van der Waals surface area contributed by atoms with Crippen molar-refractivity contribution < 1.29 is 4.74 Å². The van der Waals surface area contributed by atoms with E-state index < -0.39 is 0 Å².